The lowest BCUT2D eigenvalue weighted by molar-refractivity contribution is -0.688. The van der Waals surface area contributed by atoms with Crippen molar-refractivity contribution < 1.29 is 31.8 Å². The van der Waals surface area contributed by atoms with E-state index in [1.54, 1.807) is 19.1 Å². The number of hydrogen-bond donors (Lipinski definition) is 0. The summed E-state index contributed by atoms with van der Waals surface area (Å²) >= 11 is 0. The zero-order valence-corrected chi connectivity index (χ0v) is 19.4. The van der Waals surface area contributed by atoms with Crippen molar-refractivity contribution in [2.75, 3.05) is 7.11 Å². The Hall–Kier alpha value is -4.00. The number of halogens is 3. The van der Waals surface area contributed by atoms with Crippen LogP contribution in [0.5, 0.6) is 0 Å². The molecule has 0 aliphatic heterocycles. The molecule has 0 unspecified atom stereocenters. The van der Waals surface area contributed by atoms with E-state index < -0.39 is 11.7 Å². The van der Waals surface area contributed by atoms with Gasteiger partial charge in [0, 0.05) is 35.4 Å². The van der Waals surface area contributed by atoms with Crippen molar-refractivity contribution in [2.24, 2.45) is 0 Å². The summed E-state index contributed by atoms with van der Waals surface area (Å²) in [6, 6.07) is 19.3. The van der Waals surface area contributed by atoms with Gasteiger partial charge in [-0.15, -0.1) is 0 Å². The summed E-state index contributed by atoms with van der Waals surface area (Å²) in [5.41, 5.74) is 4.08. The third-order valence-electron chi connectivity index (χ3n) is 5.66. The largest absolute Gasteiger partial charge is 0.465 e. The maximum Gasteiger partial charge on any atom is 0.416 e. The molecule has 2 aromatic carbocycles. The lowest BCUT2D eigenvalue weighted by Crippen LogP contribution is -2.33. The van der Waals surface area contributed by atoms with Gasteiger partial charge in [-0.25, -0.2) is 13.9 Å². The molecule has 0 saturated heterocycles. The Bertz CT molecular complexity index is 1330. The number of pyridine rings is 2. The fourth-order valence-electron chi connectivity index (χ4n) is 3.96. The predicted octanol–water partition coefficient (Wildman–Crippen LogP) is 5.14. The number of methoxy groups -OCH3 is 1. The van der Waals surface area contributed by atoms with Crippen LogP contribution in [0.2, 0.25) is 0 Å². The first-order valence-corrected chi connectivity index (χ1v) is 11.0. The third kappa shape index (κ3) is 6.12. The number of nitrogens with zero attached hydrogens (tertiary/aromatic N) is 2. The summed E-state index contributed by atoms with van der Waals surface area (Å²) in [4.78, 5) is 11.7. The first-order chi connectivity index (χ1) is 16.7. The van der Waals surface area contributed by atoms with Crippen LogP contribution in [0, 0.1) is 6.92 Å². The van der Waals surface area contributed by atoms with E-state index in [1.165, 1.54) is 13.2 Å². The van der Waals surface area contributed by atoms with Crippen LogP contribution in [-0.4, -0.2) is 13.1 Å². The summed E-state index contributed by atoms with van der Waals surface area (Å²) in [6.45, 7) is 2.63. The van der Waals surface area contributed by atoms with Gasteiger partial charge in [-0.05, 0) is 48.4 Å². The van der Waals surface area contributed by atoms with Gasteiger partial charge in [-0.1, -0.05) is 17.7 Å². The number of carbonyl (C=O) groups is 1. The number of aryl methyl sites for hydroxylation is 1. The molecule has 2 aromatic heterocycles. The monoisotopic (exact) mass is 478 g/mol. The first kappa shape index (κ1) is 24.1. The highest BCUT2D eigenvalue weighted by Crippen LogP contribution is 2.30. The molecule has 0 aliphatic rings. The number of hydrogen-bond acceptors (Lipinski definition) is 2. The van der Waals surface area contributed by atoms with Crippen LogP contribution in [0.25, 0.3) is 11.1 Å². The molecule has 0 bridgehead atoms. The van der Waals surface area contributed by atoms with E-state index in [1.807, 2.05) is 76.4 Å². The molecule has 0 amide bonds. The van der Waals surface area contributed by atoms with Gasteiger partial charge in [-0.2, -0.15) is 13.2 Å². The summed E-state index contributed by atoms with van der Waals surface area (Å²) < 4.78 is 48.0. The Balaban J connectivity index is 1.45. The number of alkyl halides is 3. The van der Waals surface area contributed by atoms with Crippen LogP contribution in [0.1, 0.15) is 32.6 Å². The van der Waals surface area contributed by atoms with E-state index in [-0.39, 0.29) is 5.97 Å². The molecule has 0 fully saturated rings. The van der Waals surface area contributed by atoms with Gasteiger partial charge in [0.2, 0.25) is 0 Å². The van der Waals surface area contributed by atoms with Crippen molar-refractivity contribution in [3.8, 4) is 11.1 Å². The highest BCUT2D eigenvalue weighted by Gasteiger charge is 2.31. The molecule has 0 atom stereocenters. The molecular formula is C28H25F3N2O2+2. The number of rotatable bonds is 6. The second-order valence-corrected chi connectivity index (χ2v) is 8.42. The molecule has 0 saturated carbocycles. The maximum absolute atomic E-state index is 13.1. The molecule has 0 N–H and O–H groups in total. The smallest absolute Gasteiger partial charge is 0.416 e. The minimum absolute atomic E-state index is 0.352. The highest BCUT2D eigenvalue weighted by atomic mass is 19.4. The van der Waals surface area contributed by atoms with E-state index in [0.29, 0.717) is 29.8 Å². The molecule has 0 aliphatic carbocycles. The SMILES string of the molecule is COC(=O)c1cccc(C[n+]2ccc(-c3cc[n+](Cc4cc(C)cc(C(F)(F)F)c4)cc3)cc2)c1. The summed E-state index contributed by atoms with van der Waals surface area (Å²) in [5, 5.41) is 0. The molecule has 178 valence electrons. The van der Waals surface area contributed by atoms with Crippen molar-refractivity contribution >= 4 is 5.97 Å². The molecular weight excluding hydrogens is 453 g/mol. The average molecular weight is 479 g/mol. The van der Waals surface area contributed by atoms with Gasteiger partial charge in [0.05, 0.1) is 18.2 Å². The van der Waals surface area contributed by atoms with Crippen LogP contribution >= 0.6 is 0 Å². The van der Waals surface area contributed by atoms with Gasteiger partial charge < -0.3 is 4.74 Å². The minimum Gasteiger partial charge on any atom is -0.465 e. The van der Waals surface area contributed by atoms with Crippen molar-refractivity contribution in [2.45, 2.75) is 26.2 Å². The normalized spacial score (nSPS) is 11.3. The fourth-order valence-corrected chi connectivity index (χ4v) is 3.96. The second kappa shape index (κ2) is 10.1. The van der Waals surface area contributed by atoms with Crippen LogP contribution in [0.4, 0.5) is 13.2 Å². The summed E-state index contributed by atoms with van der Waals surface area (Å²) in [7, 11) is 1.36. The van der Waals surface area contributed by atoms with Crippen molar-refractivity contribution in [1.82, 2.24) is 0 Å². The molecule has 7 heteroatoms. The third-order valence-corrected chi connectivity index (χ3v) is 5.66. The van der Waals surface area contributed by atoms with E-state index in [9.17, 15) is 18.0 Å². The highest BCUT2D eigenvalue weighted by molar-refractivity contribution is 5.89. The molecule has 4 nitrogen and oxygen atoms in total. The van der Waals surface area contributed by atoms with E-state index in [2.05, 4.69) is 0 Å². The number of benzene rings is 2. The topological polar surface area (TPSA) is 34.1 Å². The molecule has 35 heavy (non-hydrogen) atoms. The molecule has 0 spiro atoms. The van der Waals surface area contributed by atoms with Crippen molar-refractivity contribution in [3.63, 3.8) is 0 Å². The van der Waals surface area contributed by atoms with Crippen LogP contribution < -0.4 is 9.13 Å². The van der Waals surface area contributed by atoms with Gasteiger partial charge in [0.1, 0.15) is 0 Å². The summed E-state index contributed by atoms with van der Waals surface area (Å²) in [5.74, 6) is -0.364. The zero-order valence-electron chi connectivity index (χ0n) is 19.4. The quantitative estimate of drug-likeness (QED) is 0.284. The fraction of sp³-hybridized carbons (Fsp3) is 0.179. The van der Waals surface area contributed by atoms with Gasteiger partial charge in [0.15, 0.2) is 37.9 Å². The molecule has 4 rings (SSSR count). The number of esters is 1. The second-order valence-electron chi connectivity index (χ2n) is 8.42. The Morgan fingerprint density at radius 3 is 1.91 bits per heavy atom. The van der Waals surface area contributed by atoms with Gasteiger partial charge in [0.25, 0.3) is 0 Å². The Morgan fingerprint density at radius 2 is 1.37 bits per heavy atom. The Kier molecular flexibility index (Phi) is 6.96. The lowest BCUT2D eigenvalue weighted by Gasteiger charge is -2.09. The zero-order chi connectivity index (χ0) is 25.0. The maximum atomic E-state index is 13.1. The van der Waals surface area contributed by atoms with Crippen molar-refractivity contribution in [3.05, 3.63) is 119 Å². The Morgan fingerprint density at radius 1 is 0.800 bits per heavy atom. The van der Waals surface area contributed by atoms with Gasteiger partial charge >= 0.3 is 12.1 Å². The molecule has 2 heterocycles. The van der Waals surface area contributed by atoms with E-state index in [0.717, 1.165) is 22.8 Å². The Labute approximate surface area is 201 Å². The standard InChI is InChI=1S/C28H25F3N2O2/c1-20-14-22(17-26(15-20)28(29,30)31)19-33-12-8-24(9-13-33)23-6-10-32(11-7-23)18-21-4-3-5-25(16-21)27(34)35-2/h3-17H,18-19H2,1-2H3/q+2. The van der Waals surface area contributed by atoms with Crippen LogP contribution in [0.15, 0.2) is 91.5 Å². The number of carbonyl (C=O) groups excluding carboxylic acids is 1. The predicted molar refractivity (Wildman–Crippen MR) is 124 cm³/mol. The van der Waals surface area contributed by atoms with E-state index >= 15 is 0 Å². The minimum atomic E-state index is -4.36. The van der Waals surface area contributed by atoms with Crippen LogP contribution in [-0.2, 0) is 24.0 Å². The van der Waals surface area contributed by atoms with Crippen LogP contribution in [0.3, 0.4) is 0 Å². The number of ether oxygens (including phenoxy) is 1. The van der Waals surface area contributed by atoms with Gasteiger partial charge in [-0.3, -0.25) is 0 Å². The first-order valence-electron chi connectivity index (χ1n) is 11.0. The summed E-state index contributed by atoms with van der Waals surface area (Å²) in [6.07, 6.45) is 3.30. The molecule has 4 aromatic rings. The van der Waals surface area contributed by atoms with E-state index in [4.69, 9.17) is 4.74 Å². The average Bonchev–Trinajstić information content (AvgIpc) is 2.84. The number of aromatic nitrogens is 2. The molecule has 0 radical (unpaired) electrons. The lowest BCUT2D eigenvalue weighted by atomic mass is 10.1. The van der Waals surface area contributed by atoms with Crippen molar-refractivity contribution in [1.29, 1.82) is 0 Å².